The van der Waals surface area contributed by atoms with Crippen LogP contribution in [0.25, 0.3) is 11.0 Å². The Hall–Kier alpha value is -1.79. The molecule has 88 valence electrons. The summed E-state index contributed by atoms with van der Waals surface area (Å²) in [6.45, 7) is 2.04. The minimum atomic E-state index is -0.0234. The molecule has 0 saturated carbocycles. The highest BCUT2D eigenvalue weighted by Crippen LogP contribution is 2.14. The second-order valence-corrected chi connectivity index (χ2v) is 4.09. The van der Waals surface area contributed by atoms with Gasteiger partial charge in [-0.3, -0.25) is 0 Å². The van der Waals surface area contributed by atoms with E-state index >= 15 is 0 Å². The molecule has 0 aliphatic heterocycles. The number of hydrogen-bond acceptors (Lipinski definition) is 2. The number of para-hydroxylation sites is 2. The third-order valence-electron chi connectivity index (χ3n) is 2.85. The van der Waals surface area contributed by atoms with E-state index in [-0.39, 0.29) is 6.04 Å². The van der Waals surface area contributed by atoms with Crippen LogP contribution in [0.4, 0.5) is 0 Å². The Morgan fingerprint density at radius 1 is 1.41 bits per heavy atom. The van der Waals surface area contributed by atoms with Gasteiger partial charge in [-0.15, -0.1) is 0 Å². The molecule has 2 rings (SSSR count). The molecule has 1 atom stereocenters. The molecule has 0 aliphatic carbocycles. The zero-order valence-electron chi connectivity index (χ0n) is 10.3. The summed E-state index contributed by atoms with van der Waals surface area (Å²) in [6, 6.07) is 8.08. The number of nitrogens with zero attached hydrogens (tertiary/aromatic N) is 2. The van der Waals surface area contributed by atoms with Crippen LogP contribution in [0.3, 0.4) is 0 Å². The van der Waals surface area contributed by atoms with Gasteiger partial charge >= 0.3 is 0 Å². The molecule has 0 spiro atoms. The summed E-state index contributed by atoms with van der Waals surface area (Å²) >= 11 is 0. The summed E-state index contributed by atoms with van der Waals surface area (Å²) < 4.78 is 2.08. The number of benzene rings is 1. The summed E-state index contributed by atoms with van der Waals surface area (Å²) in [7, 11) is 2.02. The maximum atomic E-state index is 5.75. The summed E-state index contributed by atoms with van der Waals surface area (Å²) in [5, 5.41) is 0. The van der Waals surface area contributed by atoms with Crippen molar-refractivity contribution in [3.05, 3.63) is 30.1 Å². The van der Waals surface area contributed by atoms with Gasteiger partial charge in [0.05, 0.1) is 23.5 Å². The first kappa shape index (κ1) is 11.7. The lowest BCUT2D eigenvalue weighted by molar-refractivity contribution is 0.803. The van der Waals surface area contributed by atoms with E-state index in [4.69, 9.17) is 5.73 Å². The first-order valence-corrected chi connectivity index (χ1v) is 5.86. The van der Waals surface area contributed by atoms with Crippen molar-refractivity contribution in [1.82, 2.24) is 9.55 Å². The highest BCUT2D eigenvalue weighted by molar-refractivity contribution is 5.75. The molecule has 3 nitrogen and oxygen atoms in total. The van der Waals surface area contributed by atoms with Crippen molar-refractivity contribution < 1.29 is 0 Å². The Labute approximate surface area is 102 Å². The number of aryl methyl sites for hydroxylation is 1. The van der Waals surface area contributed by atoms with Gasteiger partial charge in [0, 0.05) is 7.05 Å². The fraction of sp³-hybridized carbons (Fsp3) is 0.357. The lowest BCUT2D eigenvalue weighted by Gasteiger charge is -1.98. The van der Waals surface area contributed by atoms with E-state index in [0.29, 0.717) is 6.42 Å². The molecule has 1 heterocycles. The van der Waals surface area contributed by atoms with E-state index in [2.05, 4.69) is 27.5 Å². The van der Waals surface area contributed by atoms with Crippen LogP contribution >= 0.6 is 0 Å². The average Bonchev–Trinajstić information content (AvgIpc) is 2.67. The molecule has 1 aromatic heterocycles. The Morgan fingerprint density at radius 2 is 2.18 bits per heavy atom. The SMILES string of the molecule is CCC(N)C#CCc1nc2ccccc2n1C. The molecule has 3 heteroatoms. The molecule has 1 unspecified atom stereocenters. The standard InChI is InChI=1S/C14H17N3/c1-3-11(15)7-6-10-14-16-12-8-4-5-9-13(12)17(14)2/h4-5,8-9,11H,3,10,15H2,1-2H3. The van der Waals surface area contributed by atoms with Crippen LogP contribution in [-0.2, 0) is 13.5 Å². The first-order chi connectivity index (χ1) is 8.22. The second kappa shape index (κ2) is 5.03. The van der Waals surface area contributed by atoms with Gasteiger partial charge in [-0.2, -0.15) is 0 Å². The largest absolute Gasteiger partial charge is 0.330 e. The van der Waals surface area contributed by atoms with Crippen molar-refractivity contribution in [2.75, 3.05) is 0 Å². The van der Waals surface area contributed by atoms with Crippen molar-refractivity contribution in [2.24, 2.45) is 12.8 Å². The quantitative estimate of drug-likeness (QED) is 0.796. The molecule has 17 heavy (non-hydrogen) atoms. The predicted molar refractivity (Wildman–Crippen MR) is 70.5 cm³/mol. The third-order valence-corrected chi connectivity index (χ3v) is 2.85. The highest BCUT2D eigenvalue weighted by Gasteiger charge is 2.04. The minimum Gasteiger partial charge on any atom is -0.330 e. The van der Waals surface area contributed by atoms with Crippen molar-refractivity contribution in [3.63, 3.8) is 0 Å². The van der Waals surface area contributed by atoms with E-state index in [1.807, 2.05) is 32.2 Å². The summed E-state index contributed by atoms with van der Waals surface area (Å²) in [5.74, 6) is 7.11. The van der Waals surface area contributed by atoms with Crippen molar-refractivity contribution in [1.29, 1.82) is 0 Å². The zero-order valence-corrected chi connectivity index (χ0v) is 10.3. The van der Waals surface area contributed by atoms with Gasteiger partial charge in [-0.25, -0.2) is 4.98 Å². The number of rotatable bonds is 2. The lowest BCUT2D eigenvalue weighted by Crippen LogP contribution is -2.15. The van der Waals surface area contributed by atoms with E-state index in [9.17, 15) is 0 Å². The minimum absolute atomic E-state index is 0.0234. The molecular weight excluding hydrogens is 210 g/mol. The third kappa shape index (κ3) is 2.48. The number of nitrogens with two attached hydrogens (primary N) is 1. The molecule has 2 aromatic rings. The lowest BCUT2D eigenvalue weighted by atomic mass is 10.2. The van der Waals surface area contributed by atoms with Crippen molar-refractivity contribution in [3.8, 4) is 11.8 Å². The van der Waals surface area contributed by atoms with Crippen LogP contribution < -0.4 is 5.73 Å². The Morgan fingerprint density at radius 3 is 2.88 bits per heavy atom. The maximum Gasteiger partial charge on any atom is 0.121 e. The molecule has 0 aliphatic rings. The normalized spacial score (nSPS) is 12.2. The number of fused-ring (bicyclic) bond motifs is 1. The van der Waals surface area contributed by atoms with Crippen LogP contribution in [0.15, 0.2) is 24.3 Å². The van der Waals surface area contributed by atoms with Crippen LogP contribution in [0.2, 0.25) is 0 Å². The molecule has 0 radical (unpaired) electrons. The Bertz CT molecular complexity index is 572. The molecule has 2 N–H and O–H groups in total. The van der Waals surface area contributed by atoms with E-state index in [0.717, 1.165) is 23.3 Å². The maximum absolute atomic E-state index is 5.75. The second-order valence-electron chi connectivity index (χ2n) is 4.09. The summed E-state index contributed by atoms with van der Waals surface area (Å²) in [4.78, 5) is 4.55. The van der Waals surface area contributed by atoms with Gasteiger partial charge < -0.3 is 10.3 Å². The van der Waals surface area contributed by atoms with Gasteiger partial charge in [0.25, 0.3) is 0 Å². The van der Waals surface area contributed by atoms with Gasteiger partial charge in [0.15, 0.2) is 0 Å². The average molecular weight is 227 g/mol. The molecule has 0 bridgehead atoms. The van der Waals surface area contributed by atoms with Crippen molar-refractivity contribution >= 4 is 11.0 Å². The Balaban J connectivity index is 2.24. The molecular formula is C14H17N3. The number of aromatic nitrogens is 2. The van der Waals surface area contributed by atoms with Gasteiger partial charge in [-0.05, 0) is 18.6 Å². The topological polar surface area (TPSA) is 43.8 Å². The fourth-order valence-electron chi connectivity index (χ4n) is 1.72. The molecule has 0 saturated heterocycles. The number of imidazole rings is 1. The smallest absolute Gasteiger partial charge is 0.121 e. The highest BCUT2D eigenvalue weighted by atomic mass is 15.1. The van der Waals surface area contributed by atoms with Crippen LogP contribution in [0, 0.1) is 11.8 Å². The Kier molecular flexibility index (Phi) is 3.46. The van der Waals surface area contributed by atoms with Crippen molar-refractivity contribution in [2.45, 2.75) is 25.8 Å². The van der Waals surface area contributed by atoms with E-state index < -0.39 is 0 Å². The van der Waals surface area contributed by atoms with Crippen LogP contribution in [0.5, 0.6) is 0 Å². The van der Waals surface area contributed by atoms with Gasteiger partial charge in [0.2, 0.25) is 0 Å². The van der Waals surface area contributed by atoms with Crippen LogP contribution in [0.1, 0.15) is 19.2 Å². The number of hydrogen-bond donors (Lipinski definition) is 1. The first-order valence-electron chi connectivity index (χ1n) is 5.86. The monoisotopic (exact) mass is 227 g/mol. The fourth-order valence-corrected chi connectivity index (χ4v) is 1.72. The van der Waals surface area contributed by atoms with E-state index in [1.165, 1.54) is 0 Å². The molecule has 1 aromatic carbocycles. The predicted octanol–water partition coefficient (Wildman–Crippen LogP) is 1.86. The molecule has 0 fully saturated rings. The van der Waals surface area contributed by atoms with Gasteiger partial charge in [-0.1, -0.05) is 30.9 Å². The zero-order chi connectivity index (χ0) is 12.3. The summed E-state index contributed by atoms with van der Waals surface area (Å²) in [5.41, 5.74) is 7.91. The van der Waals surface area contributed by atoms with E-state index in [1.54, 1.807) is 0 Å². The van der Waals surface area contributed by atoms with Gasteiger partial charge in [0.1, 0.15) is 5.82 Å². The summed E-state index contributed by atoms with van der Waals surface area (Å²) in [6.07, 6.45) is 1.54. The van der Waals surface area contributed by atoms with Crippen LogP contribution in [-0.4, -0.2) is 15.6 Å². The molecule has 0 amide bonds.